The predicted octanol–water partition coefficient (Wildman–Crippen LogP) is 5.06. The smallest absolute Gasteiger partial charge is 0.151 e. The van der Waals surface area contributed by atoms with E-state index in [2.05, 4.69) is 16.5 Å². The summed E-state index contributed by atoms with van der Waals surface area (Å²) < 4.78 is 16.1. The van der Waals surface area contributed by atoms with E-state index >= 15 is 0 Å². The van der Waals surface area contributed by atoms with Gasteiger partial charge in [0.1, 0.15) is 11.3 Å². The number of halogens is 2. The Balaban J connectivity index is 2.06. The van der Waals surface area contributed by atoms with Gasteiger partial charge in [-0.15, -0.1) is 11.6 Å². The van der Waals surface area contributed by atoms with Crippen molar-refractivity contribution in [2.75, 3.05) is 0 Å². The molecule has 0 spiro atoms. The number of rotatable bonds is 3. The third kappa shape index (κ3) is 2.32. The summed E-state index contributed by atoms with van der Waals surface area (Å²) in [4.78, 5) is 4.40. The highest BCUT2D eigenvalue weighted by Crippen LogP contribution is 2.35. The summed E-state index contributed by atoms with van der Waals surface area (Å²) in [7, 11) is 0. The molecule has 108 valence electrons. The van der Waals surface area contributed by atoms with Crippen LogP contribution in [0.4, 0.5) is 4.39 Å². The van der Waals surface area contributed by atoms with Gasteiger partial charge in [-0.2, -0.15) is 0 Å². The molecule has 1 aromatic heterocycles. The molecule has 0 aliphatic heterocycles. The molecule has 0 amide bonds. The van der Waals surface area contributed by atoms with Crippen LogP contribution in [-0.2, 0) is 5.88 Å². The van der Waals surface area contributed by atoms with E-state index in [1.807, 2.05) is 6.07 Å². The average Bonchev–Trinajstić information content (AvgIpc) is 2.87. The Morgan fingerprint density at radius 2 is 2.10 bits per heavy atom. The molecule has 1 aliphatic carbocycles. The largest absolute Gasteiger partial charge is 0.324 e. The Bertz CT molecular complexity index is 602. The highest BCUT2D eigenvalue weighted by Gasteiger charge is 2.25. The van der Waals surface area contributed by atoms with Crippen molar-refractivity contribution in [3.63, 3.8) is 0 Å². The van der Waals surface area contributed by atoms with Crippen molar-refractivity contribution >= 4 is 22.6 Å². The third-order valence-corrected chi connectivity index (χ3v) is 4.84. The Kier molecular flexibility index (Phi) is 3.97. The minimum atomic E-state index is -0.261. The number of hydrogen-bond donors (Lipinski definition) is 0. The van der Waals surface area contributed by atoms with E-state index in [1.165, 1.54) is 38.2 Å². The minimum absolute atomic E-state index is 0.261. The molecule has 1 unspecified atom stereocenters. The summed E-state index contributed by atoms with van der Waals surface area (Å²) in [6.07, 6.45) is 6.43. The number of nitrogens with zero attached hydrogens (tertiary/aromatic N) is 2. The number of fused-ring (bicyclic) bond motifs is 1. The van der Waals surface area contributed by atoms with Crippen LogP contribution in [0.5, 0.6) is 0 Å². The molecule has 0 saturated heterocycles. The number of para-hydroxylation sites is 1. The fourth-order valence-corrected chi connectivity index (χ4v) is 3.70. The second kappa shape index (κ2) is 5.72. The van der Waals surface area contributed by atoms with E-state index < -0.39 is 0 Å². The summed E-state index contributed by atoms with van der Waals surface area (Å²) in [5.41, 5.74) is 1.32. The van der Waals surface area contributed by atoms with Crippen molar-refractivity contribution in [2.45, 2.75) is 50.9 Å². The summed E-state index contributed by atoms with van der Waals surface area (Å²) in [6, 6.07) is 5.49. The maximum Gasteiger partial charge on any atom is 0.151 e. The molecule has 0 radical (unpaired) electrons. The highest BCUT2D eigenvalue weighted by molar-refractivity contribution is 6.16. The fraction of sp³-hybridized carbons (Fsp3) is 0.562. The van der Waals surface area contributed by atoms with E-state index in [0.29, 0.717) is 23.4 Å². The van der Waals surface area contributed by atoms with Crippen LogP contribution in [0, 0.1) is 11.7 Å². The molecule has 2 nitrogen and oxygen atoms in total. The summed E-state index contributed by atoms with van der Waals surface area (Å²) in [5, 5.41) is 0. The average molecular weight is 295 g/mol. The number of benzene rings is 1. The lowest BCUT2D eigenvalue weighted by Crippen LogP contribution is -2.20. The zero-order valence-electron chi connectivity index (χ0n) is 11.8. The van der Waals surface area contributed by atoms with Crippen molar-refractivity contribution in [3.8, 4) is 0 Å². The standard InChI is InChI=1S/C16H20ClFN2/c1-11(12-6-3-2-4-7-12)20-14-9-5-8-13(18)16(14)19-15(20)10-17/h5,8-9,11-12H,2-4,6-7,10H2,1H3. The van der Waals surface area contributed by atoms with Gasteiger partial charge in [0.05, 0.1) is 11.4 Å². The monoisotopic (exact) mass is 294 g/mol. The van der Waals surface area contributed by atoms with Gasteiger partial charge >= 0.3 is 0 Å². The fourth-order valence-electron chi connectivity index (χ4n) is 3.51. The van der Waals surface area contributed by atoms with Crippen LogP contribution in [0.15, 0.2) is 18.2 Å². The quantitative estimate of drug-likeness (QED) is 0.724. The maximum atomic E-state index is 13.9. The molecule has 3 rings (SSSR count). The lowest BCUT2D eigenvalue weighted by atomic mass is 9.84. The van der Waals surface area contributed by atoms with E-state index in [-0.39, 0.29) is 5.82 Å². The first kappa shape index (κ1) is 13.9. The Morgan fingerprint density at radius 3 is 2.80 bits per heavy atom. The van der Waals surface area contributed by atoms with Crippen LogP contribution < -0.4 is 0 Å². The molecule has 1 heterocycles. The SMILES string of the molecule is CC(C1CCCCC1)n1c(CCl)nc2c(F)cccc21. The first-order valence-corrected chi connectivity index (χ1v) is 7.97. The molecule has 0 bridgehead atoms. The Hall–Kier alpha value is -1.09. The lowest BCUT2D eigenvalue weighted by Gasteiger charge is -2.30. The molecule has 1 fully saturated rings. The number of alkyl halides is 1. The van der Waals surface area contributed by atoms with Crippen LogP contribution in [0.25, 0.3) is 11.0 Å². The highest BCUT2D eigenvalue weighted by atomic mass is 35.5. The second-order valence-corrected chi connectivity index (χ2v) is 6.05. The van der Waals surface area contributed by atoms with Gasteiger partial charge < -0.3 is 4.57 Å². The van der Waals surface area contributed by atoms with Gasteiger partial charge in [-0.25, -0.2) is 9.37 Å². The molecule has 1 atom stereocenters. The first-order valence-electron chi connectivity index (χ1n) is 7.43. The molecule has 0 N–H and O–H groups in total. The molecular formula is C16H20ClFN2. The molecule has 1 aliphatic rings. The Morgan fingerprint density at radius 1 is 1.35 bits per heavy atom. The van der Waals surface area contributed by atoms with Gasteiger partial charge in [-0.3, -0.25) is 0 Å². The molecule has 20 heavy (non-hydrogen) atoms. The van der Waals surface area contributed by atoms with Crippen LogP contribution in [0.1, 0.15) is 50.9 Å². The lowest BCUT2D eigenvalue weighted by molar-refractivity contribution is 0.265. The summed E-state index contributed by atoms with van der Waals surface area (Å²) in [6.45, 7) is 2.22. The van der Waals surface area contributed by atoms with Crippen molar-refractivity contribution in [2.24, 2.45) is 5.92 Å². The van der Waals surface area contributed by atoms with Gasteiger partial charge in [0.2, 0.25) is 0 Å². The molecule has 1 aromatic carbocycles. The van der Waals surface area contributed by atoms with Gasteiger partial charge in [-0.1, -0.05) is 25.3 Å². The summed E-state index contributed by atoms with van der Waals surface area (Å²) in [5.74, 6) is 1.49. The third-order valence-electron chi connectivity index (χ3n) is 4.60. The van der Waals surface area contributed by atoms with E-state index in [0.717, 1.165) is 11.3 Å². The first-order chi connectivity index (χ1) is 9.72. The zero-order valence-corrected chi connectivity index (χ0v) is 12.5. The van der Waals surface area contributed by atoms with Crippen LogP contribution in [0.3, 0.4) is 0 Å². The summed E-state index contributed by atoms with van der Waals surface area (Å²) >= 11 is 6.03. The van der Waals surface area contributed by atoms with Crippen molar-refractivity contribution in [3.05, 3.63) is 29.8 Å². The number of imidazole rings is 1. The number of hydrogen-bond acceptors (Lipinski definition) is 1. The second-order valence-electron chi connectivity index (χ2n) is 5.78. The van der Waals surface area contributed by atoms with E-state index in [4.69, 9.17) is 11.6 Å². The van der Waals surface area contributed by atoms with Crippen molar-refractivity contribution in [1.82, 2.24) is 9.55 Å². The predicted molar refractivity (Wildman–Crippen MR) is 80.5 cm³/mol. The normalized spacial score (nSPS) is 18.6. The molecule has 2 aromatic rings. The number of aromatic nitrogens is 2. The molecule has 4 heteroatoms. The van der Waals surface area contributed by atoms with E-state index in [1.54, 1.807) is 6.07 Å². The van der Waals surface area contributed by atoms with Gasteiger partial charge in [0, 0.05) is 6.04 Å². The topological polar surface area (TPSA) is 17.8 Å². The van der Waals surface area contributed by atoms with Crippen LogP contribution in [0.2, 0.25) is 0 Å². The van der Waals surface area contributed by atoms with Gasteiger partial charge in [0.25, 0.3) is 0 Å². The zero-order chi connectivity index (χ0) is 14.1. The van der Waals surface area contributed by atoms with Crippen LogP contribution >= 0.6 is 11.6 Å². The molecule has 1 saturated carbocycles. The van der Waals surface area contributed by atoms with E-state index in [9.17, 15) is 4.39 Å². The van der Waals surface area contributed by atoms with Gasteiger partial charge in [0.15, 0.2) is 5.82 Å². The van der Waals surface area contributed by atoms with Crippen molar-refractivity contribution < 1.29 is 4.39 Å². The Labute approximate surface area is 123 Å². The minimum Gasteiger partial charge on any atom is -0.324 e. The van der Waals surface area contributed by atoms with Crippen LogP contribution in [-0.4, -0.2) is 9.55 Å². The van der Waals surface area contributed by atoms with Crippen molar-refractivity contribution in [1.29, 1.82) is 0 Å². The van der Waals surface area contributed by atoms with Gasteiger partial charge in [-0.05, 0) is 37.8 Å². The maximum absolute atomic E-state index is 13.9. The molecular weight excluding hydrogens is 275 g/mol.